The van der Waals surface area contributed by atoms with Crippen LogP contribution in [-0.4, -0.2) is 35.2 Å². The summed E-state index contributed by atoms with van der Waals surface area (Å²) in [5, 5.41) is 10.9. The molecular formula is C11H12N6O2S. The summed E-state index contributed by atoms with van der Waals surface area (Å²) in [6.45, 7) is 0.207. The molecule has 3 N–H and O–H groups in total. The number of tetrazole rings is 1. The third-order valence-corrected chi connectivity index (χ3v) is 3.54. The second kappa shape index (κ2) is 5.68. The van der Waals surface area contributed by atoms with Crippen LogP contribution in [0.4, 0.5) is 5.95 Å². The van der Waals surface area contributed by atoms with E-state index >= 15 is 0 Å². The Kier molecular flexibility index (Phi) is 3.97. The van der Waals surface area contributed by atoms with Crippen LogP contribution in [0.5, 0.6) is 0 Å². The minimum absolute atomic E-state index is 0.0637. The fraction of sp³-hybridized carbons (Fsp3) is 0.182. The SMILES string of the molecule is Cn1nnc(NS(=O)(=O)c2cccc(C#CCN)c2)n1. The molecule has 20 heavy (non-hydrogen) atoms. The maximum atomic E-state index is 12.1. The predicted octanol–water partition coefficient (Wildman–Crippen LogP) is -0.679. The van der Waals surface area contributed by atoms with Crippen LogP contribution in [0.25, 0.3) is 0 Å². The van der Waals surface area contributed by atoms with Crippen LogP contribution in [0.3, 0.4) is 0 Å². The zero-order chi connectivity index (χ0) is 14.6. The maximum absolute atomic E-state index is 12.1. The van der Waals surface area contributed by atoms with Gasteiger partial charge in [0.25, 0.3) is 16.0 Å². The smallest absolute Gasteiger partial charge is 0.277 e. The molecule has 0 aliphatic rings. The van der Waals surface area contributed by atoms with Gasteiger partial charge in [-0.2, -0.15) is 4.80 Å². The van der Waals surface area contributed by atoms with Crippen molar-refractivity contribution in [2.24, 2.45) is 12.8 Å². The molecule has 1 aromatic carbocycles. The van der Waals surface area contributed by atoms with Crippen LogP contribution >= 0.6 is 0 Å². The Labute approximate surface area is 116 Å². The Morgan fingerprint density at radius 3 is 2.90 bits per heavy atom. The molecule has 0 bridgehead atoms. The van der Waals surface area contributed by atoms with Gasteiger partial charge in [0, 0.05) is 5.56 Å². The van der Waals surface area contributed by atoms with Crippen LogP contribution in [-0.2, 0) is 17.1 Å². The molecule has 1 heterocycles. The summed E-state index contributed by atoms with van der Waals surface area (Å²) < 4.78 is 26.5. The molecule has 2 aromatic rings. The van der Waals surface area contributed by atoms with E-state index < -0.39 is 10.0 Å². The van der Waals surface area contributed by atoms with Crippen LogP contribution in [0.1, 0.15) is 5.56 Å². The molecule has 0 saturated carbocycles. The first-order chi connectivity index (χ1) is 9.51. The number of hydrogen-bond acceptors (Lipinski definition) is 6. The number of aryl methyl sites for hydroxylation is 1. The minimum Gasteiger partial charge on any atom is -0.320 e. The number of anilines is 1. The monoisotopic (exact) mass is 292 g/mol. The molecule has 1 aromatic heterocycles. The molecule has 0 saturated heterocycles. The van der Waals surface area contributed by atoms with E-state index in [1.54, 1.807) is 12.1 Å². The summed E-state index contributed by atoms with van der Waals surface area (Å²) >= 11 is 0. The van der Waals surface area contributed by atoms with Gasteiger partial charge in [0.2, 0.25) is 0 Å². The summed E-state index contributed by atoms with van der Waals surface area (Å²) in [4.78, 5) is 1.22. The fourth-order valence-corrected chi connectivity index (χ4v) is 2.38. The van der Waals surface area contributed by atoms with Crippen molar-refractivity contribution in [2.45, 2.75) is 4.90 Å². The van der Waals surface area contributed by atoms with Crippen LogP contribution in [0.2, 0.25) is 0 Å². The van der Waals surface area contributed by atoms with E-state index in [0.717, 1.165) is 4.80 Å². The van der Waals surface area contributed by atoms with Gasteiger partial charge < -0.3 is 5.73 Å². The molecule has 9 heteroatoms. The summed E-state index contributed by atoms with van der Waals surface area (Å²) in [5.74, 6) is 5.34. The van der Waals surface area contributed by atoms with E-state index in [-0.39, 0.29) is 17.4 Å². The van der Waals surface area contributed by atoms with Gasteiger partial charge in [0.15, 0.2) is 0 Å². The predicted molar refractivity (Wildman–Crippen MR) is 72.0 cm³/mol. The first-order valence-corrected chi connectivity index (χ1v) is 7.05. The van der Waals surface area contributed by atoms with Crippen molar-refractivity contribution in [3.63, 3.8) is 0 Å². The maximum Gasteiger partial charge on any atom is 0.277 e. The highest BCUT2D eigenvalue weighted by Gasteiger charge is 2.16. The van der Waals surface area contributed by atoms with Crippen molar-refractivity contribution in [3.05, 3.63) is 29.8 Å². The van der Waals surface area contributed by atoms with E-state index in [0.29, 0.717) is 5.56 Å². The normalized spacial score (nSPS) is 10.7. The molecule has 104 valence electrons. The van der Waals surface area contributed by atoms with Crippen LogP contribution < -0.4 is 10.5 Å². The first kappa shape index (κ1) is 14.0. The third kappa shape index (κ3) is 3.31. The van der Waals surface area contributed by atoms with Gasteiger partial charge in [-0.15, -0.1) is 5.10 Å². The van der Waals surface area contributed by atoms with Crippen molar-refractivity contribution >= 4 is 16.0 Å². The first-order valence-electron chi connectivity index (χ1n) is 5.57. The lowest BCUT2D eigenvalue weighted by molar-refractivity contribution is 0.600. The Balaban J connectivity index is 2.29. The molecule has 0 aliphatic heterocycles. The largest absolute Gasteiger partial charge is 0.320 e. The summed E-state index contributed by atoms with van der Waals surface area (Å²) in [6, 6.07) is 6.19. The zero-order valence-electron chi connectivity index (χ0n) is 10.6. The lowest BCUT2D eigenvalue weighted by Crippen LogP contribution is -2.14. The van der Waals surface area contributed by atoms with E-state index in [2.05, 4.69) is 32.0 Å². The van der Waals surface area contributed by atoms with E-state index in [1.165, 1.54) is 19.2 Å². The lowest BCUT2D eigenvalue weighted by Gasteiger charge is -2.04. The van der Waals surface area contributed by atoms with Gasteiger partial charge >= 0.3 is 0 Å². The Bertz CT molecular complexity index is 771. The van der Waals surface area contributed by atoms with Crippen molar-refractivity contribution in [1.82, 2.24) is 20.2 Å². The number of benzene rings is 1. The molecule has 0 spiro atoms. The second-order valence-electron chi connectivity index (χ2n) is 3.74. The van der Waals surface area contributed by atoms with Gasteiger partial charge in [-0.25, -0.2) is 13.1 Å². The van der Waals surface area contributed by atoms with Gasteiger partial charge in [0.1, 0.15) is 0 Å². The highest BCUT2D eigenvalue weighted by molar-refractivity contribution is 7.92. The number of aromatic nitrogens is 4. The fourth-order valence-electron chi connectivity index (χ4n) is 1.40. The summed E-state index contributed by atoms with van der Waals surface area (Å²) in [7, 11) is -2.24. The Morgan fingerprint density at radius 2 is 2.25 bits per heavy atom. The molecule has 0 amide bonds. The van der Waals surface area contributed by atoms with Gasteiger partial charge in [0.05, 0.1) is 18.5 Å². The van der Waals surface area contributed by atoms with Crippen LogP contribution in [0, 0.1) is 11.8 Å². The van der Waals surface area contributed by atoms with Gasteiger partial charge in [-0.3, -0.25) is 0 Å². The molecule has 0 radical (unpaired) electrons. The van der Waals surface area contributed by atoms with Crippen LogP contribution in [0.15, 0.2) is 29.2 Å². The lowest BCUT2D eigenvalue weighted by atomic mass is 10.2. The number of nitrogens with two attached hydrogens (primary N) is 1. The van der Waals surface area contributed by atoms with E-state index in [9.17, 15) is 8.42 Å². The topological polar surface area (TPSA) is 116 Å². The number of rotatable bonds is 3. The molecule has 0 unspecified atom stereocenters. The summed E-state index contributed by atoms with van der Waals surface area (Å²) in [6.07, 6.45) is 0. The standard InChI is InChI=1S/C11H12N6O2S/c1-17-14-11(13-16-17)15-20(18,19)10-6-2-4-9(8-10)5-3-7-12/h2,4,6,8H,7,12H2,1H3,(H,14,15). The zero-order valence-corrected chi connectivity index (χ0v) is 11.4. The van der Waals surface area contributed by atoms with Crippen molar-refractivity contribution in [3.8, 4) is 11.8 Å². The Morgan fingerprint density at radius 1 is 1.45 bits per heavy atom. The van der Waals surface area contributed by atoms with Gasteiger partial charge in [-0.1, -0.05) is 23.0 Å². The average Bonchev–Trinajstić information content (AvgIpc) is 2.81. The van der Waals surface area contributed by atoms with Crippen molar-refractivity contribution in [2.75, 3.05) is 11.3 Å². The molecule has 2 rings (SSSR count). The van der Waals surface area contributed by atoms with Crippen molar-refractivity contribution < 1.29 is 8.42 Å². The number of nitrogens with zero attached hydrogens (tertiary/aromatic N) is 4. The average molecular weight is 292 g/mol. The second-order valence-corrected chi connectivity index (χ2v) is 5.42. The number of nitrogens with one attached hydrogen (secondary N) is 1. The molecule has 0 fully saturated rings. The number of sulfonamides is 1. The molecule has 8 nitrogen and oxygen atoms in total. The Hall–Kier alpha value is -2.44. The minimum atomic E-state index is -3.77. The van der Waals surface area contributed by atoms with Crippen molar-refractivity contribution in [1.29, 1.82) is 0 Å². The van der Waals surface area contributed by atoms with Gasteiger partial charge in [-0.05, 0) is 23.4 Å². The third-order valence-electron chi connectivity index (χ3n) is 2.21. The molecular weight excluding hydrogens is 280 g/mol. The van der Waals surface area contributed by atoms with E-state index in [4.69, 9.17) is 5.73 Å². The number of hydrogen-bond donors (Lipinski definition) is 2. The highest BCUT2D eigenvalue weighted by Crippen LogP contribution is 2.13. The molecule has 0 atom stereocenters. The molecule has 0 aliphatic carbocycles. The highest BCUT2D eigenvalue weighted by atomic mass is 32.2. The quantitative estimate of drug-likeness (QED) is 0.724. The van der Waals surface area contributed by atoms with E-state index in [1.807, 2.05) is 0 Å². The summed E-state index contributed by atoms with van der Waals surface area (Å²) in [5.41, 5.74) is 5.84.